The number of carboxylic acid groups (broad SMARTS) is 1. The molecule has 0 aliphatic rings. The second-order valence-electron chi connectivity index (χ2n) is 2.27. The van der Waals surface area contributed by atoms with Crippen molar-refractivity contribution in [3.8, 4) is 6.07 Å². The number of hydrogen-bond donors (Lipinski definition) is 2. The molecule has 1 atom stereocenters. The molecule has 0 aromatic carbocycles. The highest BCUT2D eigenvalue weighted by Gasteiger charge is 2.07. The summed E-state index contributed by atoms with van der Waals surface area (Å²) in [5.74, 6) is 0. The van der Waals surface area contributed by atoms with Crippen molar-refractivity contribution in [2.75, 3.05) is 0 Å². The highest BCUT2D eigenvalue weighted by atomic mass is 16.4. The maximum absolute atomic E-state index is 10.1. The quantitative estimate of drug-likeness (QED) is 0.645. The van der Waals surface area contributed by atoms with Crippen LogP contribution in [0.15, 0.2) is 0 Å². The minimum Gasteiger partial charge on any atom is -0.465 e. The van der Waals surface area contributed by atoms with E-state index in [0.29, 0.717) is 6.42 Å². The van der Waals surface area contributed by atoms with Crippen LogP contribution in [0, 0.1) is 11.3 Å². The van der Waals surface area contributed by atoms with Crippen molar-refractivity contribution in [1.82, 2.24) is 5.32 Å². The van der Waals surface area contributed by atoms with E-state index in [0.717, 1.165) is 12.8 Å². The van der Waals surface area contributed by atoms with E-state index in [1.807, 2.05) is 13.0 Å². The predicted octanol–water partition coefficient (Wildman–Crippen LogP) is 1.34. The molecule has 4 nitrogen and oxygen atoms in total. The van der Waals surface area contributed by atoms with Crippen LogP contribution in [0.1, 0.15) is 26.2 Å². The molecule has 2 N–H and O–H groups in total. The highest BCUT2D eigenvalue weighted by Crippen LogP contribution is 1.98. The number of carbonyl (C=O) groups is 1. The van der Waals surface area contributed by atoms with Gasteiger partial charge in [-0.15, -0.1) is 0 Å². The summed E-state index contributed by atoms with van der Waals surface area (Å²) in [6.45, 7) is 2.00. The molecule has 0 radical (unpaired) electrons. The number of nitrogens with one attached hydrogen (secondary N) is 1. The summed E-state index contributed by atoms with van der Waals surface area (Å²) < 4.78 is 0. The molecule has 0 saturated carbocycles. The van der Waals surface area contributed by atoms with Crippen LogP contribution in [-0.4, -0.2) is 17.2 Å². The molecule has 4 heteroatoms. The Kier molecular flexibility index (Phi) is 4.91. The SMILES string of the molecule is CCCCC(C#N)NC(=O)O. The van der Waals surface area contributed by atoms with E-state index in [1.54, 1.807) is 0 Å². The van der Waals surface area contributed by atoms with Crippen LogP contribution in [0.2, 0.25) is 0 Å². The van der Waals surface area contributed by atoms with Crippen LogP contribution in [-0.2, 0) is 0 Å². The van der Waals surface area contributed by atoms with Gasteiger partial charge in [0.2, 0.25) is 0 Å². The van der Waals surface area contributed by atoms with Gasteiger partial charge in [0.25, 0.3) is 0 Å². The zero-order chi connectivity index (χ0) is 8.69. The molecule has 1 amide bonds. The molecule has 0 aromatic rings. The first-order valence-corrected chi connectivity index (χ1v) is 3.59. The van der Waals surface area contributed by atoms with E-state index in [1.165, 1.54) is 0 Å². The summed E-state index contributed by atoms with van der Waals surface area (Å²) in [5, 5.41) is 18.8. The Bertz CT molecular complexity index is 162. The molecular weight excluding hydrogens is 144 g/mol. The van der Waals surface area contributed by atoms with Crippen LogP contribution in [0.4, 0.5) is 4.79 Å². The molecule has 0 bridgehead atoms. The van der Waals surface area contributed by atoms with Crippen molar-refractivity contribution < 1.29 is 9.90 Å². The fourth-order valence-electron chi connectivity index (χ4n) is 0.726. The van der Waals surface area contributed by atoms with Gasteiger partial charge in [-0.3, -0.25) is 0 Å². The summed E-state index contributed by atoms with van der Waals surface area (Å²) in [7, 11) is 0. The lowest BCUT2D eigenvalue weighted by Gasteiger charge is -2.06. The molecule has 0 aliphatic carbocycles. The first-order valence-electron chi connectivity index (χ1n) is 3.59. The molecule has 62 valence electrons. The van der Waals surface area contributed by atoms with Gasteiger partial charge in [0.05, 0.1) is 6.07 Å². The summed E-state index contributed by atoms with van der Waals surface area (Å²) in [5.41, 5.74) is 0. The Morgan fingerprint density at radius 2 is 2.45 bits per heavy atom. The standard InChI is InChI=1S/C7H12N2O2/c1-2-3-4-6(5-8)9-7(10)11/h6,9H,2-4H2,1H3,(H,10,11). The van der Waals surface area contributed by atoms with Crippen molar-refractivity contribution in [1.29, 1.82) is 5.26 Å². The molecule has 11 heavy (non-hydrogen) atoms. The van der Waals surface area contributed by atoms with Crippen LogP contribution < -0.4 is 5.32 Å². The zero-order valence-corrected chi connectivity index (χ0v) is 6.50. The summed E-state index contributed by atoms with van der Waals surface area (Å²) >= 11 is 0. The van der Waals surface area contributed by atoms with Gasteiger partial charge in [0.15, 0.2) is 0 Å². The van der Waals surface area contributed by atoms with Crippen molar-refractivity contribution in [2.45, 2.75) is 32.2 Å². The predicted molar refractivity (Wildman–Crippen MR) is 40.1 cm³/mol. The lowest BCUT2D eigenvalue weighted by Crippen LogP contribution is -2.32. The Balaban J connectivity index is 3.60. The molecular formula is C7H12N2O2. The fraction of sp³-hybridized carbons (Fsp3) is 0.714. The fourth-order valence-corrected chi connectivity index (χ4v) is 0.726. The zero-order valence-electron chi connectivity index (χ0n) is 6.50. The van der Waals surface area contributed by atoms with Crippen LogP contribution in [0.3, 0.4) is 0 Å². The molecule has 0 rings (SSSR count). The molecule has 0 fully saturated rings. The van der Waals surface area contributed by atoms with Crippen LogP contribution in [0.5, 0.6) is 0 Å². The van der Waals surface area contributed by atoms with Gasteiger partial charge < -0.3 is 10.4 Å². The third-order valence-corrected chi connectivity index (χ3v) is 1.30. The van der Waals surface area contributed by atoms with Gasteiger partial charge in [0.1, 0.15) is 6.04 Å². The van der Waals surface area contributed by atoms with E-state index in [4.69, 9.17) is 10.4 Å². The van der Waals surface area contributed by atoms with E-state index in [-0.39, 0.29) is 0 Å². The summed E-state index contributed by atoms with van der Waals surface area (Å²) in [6.07, 6.45) is 1.31. The van der Waals surface area contributed by atoms with Gasteiger partial charge in [-0.25, -0.2) is 4.79 Å². The number of amides is 1. The van der Waals surface area contributed by atoms with Crippen LogP contribution in [0.25, 0.3) is 0 Å². The van der Waals surface area contributed by atoms with E-state index < -0.39 is 12.1 Å². The van der Waals surface area contributed by atoms with E-state index in [2.05, 4.69) is 5.32 Å². The summed E-state index contributed by atoms with van der Waals surface area (Å²) in [6, 6.07) is 1.33. The van der Waals surface area contributed by atoms with Crippen molar-refractivity contribution in [2.24, 2.45) is 0 Å². The molecule has 0 aromatic heterocycles. The minimum atomic E-state index is -1.13. The molecule has 0 spiro atoms. The normalized spacial score (nSPS) is 11.6. The Morgan fingerprint density at radius 3 is 2.82 bits per heavy atom. The maximum Gasteiger partial charge on any atom is 0.405 e. The van der Waals surface area contributed by atoms with Gasteiger partial charge in [-0.1, -0.05) is 19.8 Å². The van der Waals surface area contributed by atoms with E-state index in [9.17, 15) is 4.79 Å². The average molecular weight is 156 g/mol. The van der Waals surface area contributed by atoms with Crippen molar-refractivity contribution >= 4 is 6.09 Å². The number of hydrogen-bond acceptors (Lipinski definition) is 2. The van der Waals surface area contributed by atoms with E-state index >= 15 is 0 Å². The van der Waals surface area contributed by atoms with Crippen molar-refractivity contribution in [3.05, 3.63) is 0 Å². The second-order valence-corrected chi connectivity index (χ2v) is 2.27. The second kappa shape index (κ2) is 5.54. The molecule has 1 unspecified atom stereocenters. The average Bonchev–Trinajstić information content (AvgIpc) is 1.97. The summed E-state index contributed by atoms with van der Waals surface area (Å²) in [4.78, 5) is 10.1. The number of rotatable bonds is 4. The van der Waals surface area contributed by atoms with Crippen LogP contribution >= 0.6 is 0 Å². The Labute approximate surface area is 65.8 Å². The number of unbranched alkanes of at least 4 members (excludes halogenated alkanes) is 1. The van der Waals surface area contributed by atoms with Gasteiger partial charge >= 0.3 is 6.09 Å². The maximum atomic E-state index is 10.1. The van der Waals surface area contributed by atoms with Crippen molar-refractivity contribution in [3.63, 3.8) is 0 Å². The molecule has 0 saturated heterocycles. The lowest BCUT2D eigenvalue weighted by atomic mass is 10.1. The monoisotopic (exact) mass is 156 g/mol. The highest BCUT2D eigenvalue weighted by molar-refractivity contribution is 5.65. The molecule has 0 heterocycles. The lowest BCUT2D eigenvalue weighted by molar-refractivity contribution is 0.191. The number of nitrogens with zero attached hydrogens (tertiary/aromatic N) is 1. The topological polar surface area (TPSA) is 73.1 Å². The number of nitriles is 1. The third-order valence-electron chi connectivity index (χ3n) is 1.30. The Hall–Kier alpha value is -1.24. The Morgan fingerprint density at radius 1 is 1.82 bits per heavy atom. The first kappa shape index (κ1) is 9.76. The first-order chi connectivity index (χ1) is 5.20. The minimum absolute atomic E-state index is 0.549. The smallest absolute Gasteiger partial charge is 0.405 e. The van der Waals surface area contributed by atoms with Gasteiger partial charge in [0, 0.05) is 0 Å². The molecule has 0 aliphatic heterocycles. The van der Waals surface area contributed by atoms with Gasteiger partial charge in [-0.2, -0.15) is 5.26 Å². The van der Waals surface area contributed by atoms with Gasteiger partial charge in [-0.05, 0) is 6.42 Å². The third kappa shape index (κ3) is 5.22. The largest absolute Gasteiger partial charge is 0.465 e.